The van der Waals surface area contributed by atoms with Crippen LogP contribution in [0.1, 0.15) is 18.5 Å². The van der Waals surface area contributed by atoms with Crippen LogP contribution in [0.2, 0.25) is 5.15 Å². The Bertz CT molecular complexity index is 740. The molecule has 0 aliphatic carbocycles. The third-order valence-electron chi connectivity index (χ3n) is 3.35. The normalized spacial score (nSPS) is 12.3. The van der Waals surface area contributed by atoms with Gasteiger partial charge in [0.2, 0.25) is 0 Å². The molecule has 1 heterocycles. The van der Waals surface area contributed by atoms with E-state index >= 15 is 0 Å². The van der Waals surface area contributed by atoms with Crippen molar-refractivity contribution in [1.82, 2.24) is 4.98 Å². The molecule has 0 amide bonds. The van der Waals surface area contributed by atoms with Gasteiger partial charge in [0, 0.05) is 6.04 Å². The summed E-state index contributed by atoms with van der Waals surface area (Å²) in [5.74, 6) is 0.790. The molecule has 2 nitrogen and oxygen atoms in total. The van der Waals surface area contributed by atoms with Crippen molar-refractivity contribution in [3.63, 3.8) is 0 Å². The molecule has 0 spiro atoms. The molecule has 1 unspecified atom stereocenters. The Morgan fingerprint density at radius 1 is 0.950 bits per heavy atom. The zero-order valence-corrected chi connectivity index (χ0v) is 11.9. The Morgan fingerprint density at radius 3 is 2.55 bits per heavy atom. The van der Waals surface area contributed by atoms with Crippen LogP contribution < -0.4 is 5.32 Å². The maximum Gasteiger partial charge on any atom is 0.131 e. The molecule has 0 radical (unpaired) electrons. The monoisotopic (exact) mass is 282 g/mol. The lowest BCUT2D eigenvalue weighted by atomic mass is 10.0. The summed E-state index contributed by atoms with van der Waals surface area (Å²) in [6.07, 6.45) is 0. The standard InChI is InChI=1S/C17H15ClN2/c1-12(19-17-8-4-7-16(18)20-17)14-10-9-13-5-2-3-6-15(13)11-14/h2-12H,1H3,(H,19,20). The minimum atomic E-state index is 0.172. The molecular formula is C17H15ClN2. The van der Waals surface area contributed by atoms with E-state index in [1.807, 2.05) is 12.1 Å². The first-order valence-corrected chi connectivity index (χ1v) is 6.98. The summed E-state index contributed by atoms with van der Waals surface area (Å²) in [5.41, 5.74) is 1.23. The van der Waals surface area contributed by atoms with Crippen molar-refractivity contribution in [3.8, 4) is 0 Å². The van der Waals surface area contributed by atoms with Crippen LogP contribution >= 0.6 is 11.6 Å². The Hall–Kier alpha value is -2.06. The number of nitrogens with zero attached hydrogens (tertiary/aromatic N) is 1. The molecule has 0 fully saturated rings. The zero-order chi connectivity index (χ0) is 13.9. The third-order valence-corrected chi connectivity index (χ3v) is 3.56. The van der Waals surface area contributed by atoms with E-state index in [2.05, 4.69) is 59.7 Å². The highest BCUT2D eigenvalue weighted by Crippen LogP contribution is 2.23. The fourth-order valence-corrected chi connectivity index (χ4v) is 2.43. The number of fused-ring (bicyclic) bond motifs is 1. The van der Waals surface area contributed by atoms with Gasteiger partial charge in [0.05, 0.1) is 0 Å². The molecule has 3 heteroatoms. The first-order chi connectivity index (χ1) is 9.72. The summed E-state index contributed by atoms with van der Waals surface area (Å²) in [4.78, 5) is 4.26. The number of nitrogens with one attached hydrogen (secondary N) is 1. The number of rotatable bonds is 3. The summed E-state index contributed by atoms with van der Waals surface area (Å²) in [6, 6.07) is 20.6. The summed E-state index contributed by atoms with van der Waals surface area (Å²) >= 11 is 5.90. The van der Waals surface area contributed by atoms with Crippen LogP contribution in [-0.4, -0.2) is 4.98 Å². The van der Waals surface area contributed by atoms with Crippen LogP contribution in [0.25, 0.3) is 10.8 Å². The average molecular weight is 283 g/mol. The lowest BCUT2D eigenvalue weighted by molar-refractivity contribution is 0.877. The second kappa shape index (κ2) is 5.51. The van der Waals surface area contributed by atoms with Gasteiger partial charge in [-0.15, -0.1) is 0 Å². The van der Waals surface area contributed by atoms with Crippen LogP contribution in [0.15, 0.2) is 60.7 Å². The molecule has 0 saturated heterocycles. The highest BCUT2D eigenvalue weighted by molar-refractivity contribution is 6.29. The minimum Gasteiger partial charge on any atom is -0.364 e. The van der Waals surface area contributed by atoms with Crippen LogP contribution in [0.4, 0.5) is 5.82 Å². The van der Waals surface area contributed by atoms with Crippen molar-refractivity contribution in [2.45, 2.75) is 13.0 Å². The Labute approximate surface area is 123 Å². The number of halogens is 1. The number of hydrogen-bond donors (Lipinski definition) is 1. The predicted octanol–water partition coefficient (Wildman–Crippen LogP) is 5.06. The molecule has 0 aliphatic rings. The fourth-order valence-electron chi connectivity index (χ4n) is 2.27. The number of hydrogen-bond acceptors (Lipinski definition) is 2. The molecule has 20 heavy (non-hydrogen) atoms. The molecule has 0 aliphatic heterocycles. The van der Waals surface area contributed by atoms with Gasteiger partial charge in [-0.05, 0) is 41.5 Å². The summed E-state index contributed by atoms with van der Waals surface area (Å²) < 4.78 is 0. The average Bonchev–Trinajstić information content (AvgIpc) is 2.47. The number of anilines is 1. The molecule has 0 bridgehead atoms. The Kier molecular flexibility index (Phi) is 3.57. The van der Waals surface area contributed by atoms with Crippen molar-refractivity contribution in [3.05, 3.63) is 71.4 Å². The summed E-state index contributed by atoms with van der Waals surface area (Å²) in [6.45, 7) is 2.12. The van der Waals surface area contributed by atoms with Crippen molar-refractivity contribution in [1.29, 1.82) is 0 Å². The van der Waals surface area contributed by atoms with Gasteiger partial charge >= 0.3 is 0 Å². The highest BCUT2D eigenvalue weighted by Gasteiger charge is 2.07. The highest BCUT2D eigenvalue weighted by atomic mass is 35.5. The lowest BCUT2D eigenvalue weighted by Crippen LogP contribution is -2.07. The van der Waals surface area contributed by atoms with Crippen molar-refractivity contribution >= 4 is 28.2 Å². The van der Waals surface area contributed by atoms with Crippen LogP contribution in [0, 0.1) is 0 Å². The molecule has 1 N–H and O–H groups in total. The first kappa shape index (κ1) is 12.9. The number of benzene rings is 2. The predicted molar refractivity (Wildman–Crippen MR) is 85.2 cm³/mol. The second-order valence-electron chi connectivity index (χ2n) is 4.82. The van der Waals surface area contributed by atoms with Gasteiger partial charge in [-0.2, -0.15) is 0 Å². The van der Waals surface area contributed by atoms with Gasteiger partial charge in [-0.25, -0.2) is 4.98 Å². The van der Waals surface area contributed by atoms with Crippen molar-refractivity contribution < 1.29 is 0 Å². The molecule has 1 aromatic heterocycles. The second-order valence-corrected chi connectivity index (χ2v) is 5.21. The summed E-state index contributed by atoms with van der Waals surface area (Å²) in [5, 5.41) is 6.37. The van der Waals surface area contributed by atoms with Gasteiger partial charge in [-0.3, -0.25) is 0 Å². The molecule has 1 atom stereocenters. The van der Waals surface area contributed by atoms with E-state index in [0.29, 0.717) is 5.15 Å². The van der Waals surface area contributed by atoms with E-state index in [1.54, 1.807) is 6.07 Å². The van der Waals surface area contributed by atoms with Gasteiger partial charge in [0.25, 0.3) is 0 Å². The fraction of sp³-hybridized carbons (Fsp3) is 0.118. The zero-order valence-electron chi connectivity index (χ0n) is 11.2. The van der Waals surface area contributed by atoms with Gasteiger partial charge < -0.3 is 5.32 Å². The molecule has 100 valence electrons. The van der Waals surface area contributed by atoms with Gasteiger partial charge in [0.15, 0.2) is 0 Å². The quantitative estimate of drug-likeness (QED) is 0.679. The Balaban J connectivity index is 1.86. The molecule has 2 aromatic carbocycles. The maximum atomic E-state index is 5.90. The van der Waals surface area contributed by atoms with E-state index in [4.69, 9.17) is 11.6 Å². The topological polar surface area (TPSA) is 24.9 Å². The maximum absolute atomic E-state index is 5.90. The van der Waals surface area contributed by atoms with Gasteiger partial charge in [-0.1, -0.05) is 54.1 Å². The Morgan fingerprint density at radius 2 is 1.75 bits per heavy atom. The van der Waals surface area contributed by atoms with Crippen molar-refractivity contribution in [2.75, 3.05) is 5.32 Å². The molecular weight excluding hydrogens is 268 g/mol. The van der Waals surface area contributed by atoms with E-state index in [1.165, 1.54) is 16.3 Å². The molecule has 0 saturated carbocycles. The number of pyridine rings is 1. The van der Waals surface area contributed by atoms with E-state index in [9.17, 15) is 0 Å². The van der Waals surface area contributed by atoms with E-state index < -0.39 is 0 Å². The largest absolute Gasteiger partial charge is 0.364 e. The van der Waals surface area contributed by atoms with Crippen LogP contribution in [-0.2, 0) is 0 Å². The van der Waals surface area contributed by atoms with Crippen LogP contribution in [0.5, 0.6) is 0 Å². The summed E-state index contributed by atoms with van der Waals surface area (Å²) in [7, 11) is 0. The van der Waals surface area contributed by atoms with Crippen LogP contribution in [0.3, 0.4) is 0 Å². The molecule has 3 aromatic rings. The van der Waals surface area contributed by atoms with Crippen molar-refractivity contribution in [2.24, 2.45) is 0 Å². The number of aromatic nitrogens is 1. The lowest BCUT2D eigenvalue weighted by Gasteiger charge is -2.15. The minimum absolute atomic E-state index is 0.172. The van der Waals surface area contributed by atoms with E-state index in [0.717, 1.165) is 5.82 Å². The first-order valence-electron chi connectivity index (χ1n) is 6.60. The third kappa shape index (κ3) is 2.75. The van der Waals surface area contributed by atoms with E-state index in [-0.39, 0.29) is 6.04 Å². The smallest absolute Gasteiger partial charge is 0.131 e. The molecule has 3 rings (SSSR count). The SMILES string of the molecule is CC(Nc1cccc(Cl)n1)c1ccc2ccccc2c1. The van der Waals surface area contributed by atoms with Gasteiger partial charge in [0.1, 0.15) is 11.0 Å².